The molecule has 2 rings (SSSR count). The Morgan fingerprint density at radius 1 is 1.10 bits per heavy atom. The quantitative estimate of drug-likeness (QED) is 0.847. The van der Waals surface area contributed by atoms with Crippen LogP contribution in [0.25, 0.3) is 0 Å². The van der Waals surface area contributed by atoms with E-state index in [0.29, 0.717) is 6.04 Å². The van der Waals surface area contributed by atoms with Crippen molar-refractivity contribution in [1.82, 2.24) is 10.2 Å². The van der Waals surface area contributed by atoms with E-state index in [-0.39, 0.29) is 5.41 Å². The molecule has 1 fully saturated rings. The summed E-state index contributed by atoms with van der Waals surface area (Å²) in [7, 11) is 0. The number of benzene rings is 1. The van der Waals surface area contributed by atoms with Crippen molar-refractivity contribution in [2.45, 2.75) is 46.1 Å². The summed E-state index contributed by atoms with van der Waals surface area (Å²) in [6.07, 6.45) is 4.15. The summed E-state index contributed by atoms with van der Waals surface area (Å²) < 4.78 is 0. The van der Waals surface area contributed by atoms with Gasteiger partial charge in [0.05, 0.1) is 0 Å². The molecule has 1 heterocycles. The van der Waals surface area contributed by atoms with Gasteiger partial charge in [0.15, 0.2) is 0 Å². The molecule has 0 amide bonds. The SMILES string of the molecule is CCNC(c1ccccc1)C(C)(C)CN1CCCCC1. The van der Waals surface area contributed by atoms with Crippen molar-refractivity contribution in [3.8, 4) is 0 Å². The lowest BCUT2D eigenvalue weighted by Crippen LogP contribution is -2.44. The van der Waals surface area contributed by atoms with Crippen LogP contribution in [0.4, 0.5) is 0 Å². The van der Waals surface area contributed by atoms with Crippen molar-refractivity contribution >= 4 is 0 Å². The van der Waals surface area contributed by atoms with Gasteiger partial charge in [-0.05, 0) is 43.5 Å². The summed E-state index contributed by atoms with van der Waals surface area (Å²) in [4.78, 5) is 2.65. The molecule has 0 radical (unpaired) electrons. The predicted molar refractivity (Wildman–Crippen MR) is 86.9 cm³/mol. The molecule has 112 valence electrons. The van der Waals surface area contributed by atoms with Gasteiger partial charge < -0.3 is 10.2 Å². The smallest absolute Gasteiger partial charge is 0.0384 e. The molecule has 0 spiro atoms. The Kier molecular flexibility index (Phi) is 5.62. The highest BCUT2D eigenvalue weighted by atomic mass is 15.1. The molecule has 2 heteroatoms. The Hall–Kier alpha value is -0.860. The molecule has 20 heavy (non-hydrogen) atoms. The normalized spacial score (nSPS) is 18.9. The van der Waals surface area contributed by atoms with Crippen molar-refractivity contribution in [1.29, 1.82) is 0 Å². The lowest BCUT2D eigenvalue weighted by atomic mass is 9.79. The summed E-state index contributed by atoms with van der Waals surface area (Å²) in [5.74, 6) is 0. The first-order chi connectivity index (χ1) is 9.63. The lowest BCUT2D eigenvalue weighted by Gasteiger charge is -2.40. The Morgan fingerprint density at radius 3 is 2.35 bits per heavy atom. The van der Waals surface area contributed by atoms with Gasteiger partial charge in [0.2, 0.25) is 0 Å². The molecular formula is C18H30N2. The maximum absolute atomic E-state index is 3.70. The van der Waals surface area contributed by atoms with Crippen LogP contribution in [0.15, 0.2) is 30.3 Å². The zero-order valence-electron chi connectivity index (χ0n) is 13.4. The van der Waals surface area contributed by atoms with E-state index in [0.717, 1.165) is 6.54 Å². The van der Waals surface area contributed by atoms with E-state index in [1.165, 1.54) is 44.5 Å². The number of hydrogen-bond donors (Lipinski definition) is 1. The van der Waals surface area contributed by atoms with Crippen LogP contribution >= 0.6 is 0 Å². The third-order valence-corrected chi connectivity index (χ3v) is 4.40. The Morgan fingerprint density at radius 2 is 1.75 bits per heavy atom. The largest absolute Gasteiger partial charge is 0.310 e. The van der Waals surface area contributed by atoms with E-state index in [1.54, 1.807) is 0 Å². The number of hydrogen-bond acceptors (Lipinski definition) is 2. The molecule has 1 atom stereocenters. The van der Waals surface area contributed by atoms with Crippen molar-refractivity contribution in [3.63, 3.8) is 0 Å². The van der Waals surface area contributed by atoms with Crippen LogP contribution in [0, 0.1) is 5.41 Å². The standard InChI is InChI=1S/C18H30N2/c1-4-19-17(16-11-7-5-8-12-16)18(2,3)15-20-13-9-6-10-14-20/h5,7-8,11-12,17,19H,4,6,9-10,13-15H2,1-3H3. The number of nitrogens with one attached hydrogen (secondary N) is 1. The second kappa shape index (κ2) is 7.24. The van der Waals surface area contributed by atoms with Crippen LogP contribution in [0.2, 0.25) is 0 Å². The van der Waals surface area contributed by atoms with Crippen LogP contribution < -0.4 is 5.32 Å². The third kappa shape index (κ3) is 4.07. The minimum atomic E-state index is 0.245. The first kappa shape index (κ1) is 15.5. The highest BCUT2D eigenvalue weighted by Gasteiger charge is 2.32. The molecule has 1 aliphatic rings. The molecule has 2 nitrogen and oxygen atoms in total. The second-order valence-corrected chi connectivity index (χ2v) is 6.73. The maximum atomic E-state index is 3.70. The van der Waals surface area contributed by atoms with E-state index in [9.17, 15) is 0 Å². The van der Waals surface area contributed by atoms with Crippen molar-refractivity contribution in [3.05, 3.63) is 35.9 Å². The average Bonchev–Trinajstić information content (AvgIpc) is 2.46. The molecule has 1 N–H and O–H groups in total. The molecule has 1 saturated heterocycles. The maximum Gasteiger partial charge on any atom is 0.0384 e. The summed E-state index contributed by atoms with van der Waals surface area (Å²) in [5.41, 5.74) is 1.66. The fraction of sp³-hybridized carbons (Fsp3) is 0.667. The summed E-state index contributed by atoms with van der Waals surface area (Å²) in [6.45, 7) is 11.8. The molecule has 0 aromatic heterocycles. The third-order valence-electron chi connectivity index (χ3n) is 4.40. The van der Waals surface area contributed by atoms with Gasteiger partial charge in [-0.25, -0.2) is 0 Å². The van der Waals surface area contributed by atoms with Crippen molar-refractivity contribution < 1.29 is 0 Å². The lowest BCUT2D eigenvalue weighted by molar-refractivity contribution is 0.120. The van der Waals surface area contributed by atoms with E-state index in [4.69, 9.17) is 0 Å². The molecule has 0 aliphatic carbocycles. The number of nitrogens with zero attached hydrogens (tertiary/aromatic N) is 1. The zero-order chi connectivity index (χ0) is 14.4. The summed E-state index contributed by atoms with van der Waals surface area (Å²) >= 11 is 0. The van der Waals surface area contributed by atoms with Crippen LogP contribution in [0.3, 0.4) is 0 Å². The van der Waals surface area contributed by atoms with Gasteiger partial charge in [0, 0.05) is 12.6 Å². The monoisotopic (exact) mass is 274 g/mol. The van der Waals surface area contributed by atoms with Gasteiger partial charge in [0.1, 0.15) is 0 Å². The van der Waals surface area contributed by atoms with Crippen molar-refractivity contribution in [2.24, 2.45) is 5.41 Å². The summed E-state index contributed by atoms with van der Waals surface area (Å²) in [6, 6.07) is 11.3. The van der Waals surface area contributed by atoms with Crippen LogP contribution in [-0.2, 0) is 0 Å². The van der Waals surface area contributed by atoms with Crippen LogP contribution in [0.1, 0.15) is 51.6 Å². The van der Waals surface area contributed by atoms with E-state index in [1.807, 2.05) is 0 Å². The molecular weight excluding hydrogens is 244 g/mol. The van der Waals surface area contributed by atoms with Gasteiger partial charge >= 0.3 is 0 Å². The van der Waals surface area contributed by atoms with Gasteiger partial charge in [-0.2, -0.15) is 0 Å². The molecule has 1 aliphatic heterocycles. The van der Waals surface area contributed by atoms with Gasteiger partial charge in [-0.1, -0.05) is 57.5 Å². The van der Waals surface area contributed by atoms with Crippen LogP contribution in [0.5, 0.6) is 0 Å². The summed E-state index contributed by atoms with van der Waals surface area (Å²) in [5, 5.41) is 3.70. The van der Waals surface area contributed by atoms with E-state index in [2.05, 4.69) is 61.3 Å². The first-order valence-electron chi connectivity index (χ1n) is 8.14. The number of piperidine rings is 1. The molecule has 1 unspecified atom stereocenters. The van der Waals surface area contributed by atoms with Gasteiger partial charge in [-0.15, -0.1) is 0 Å². The van der Waals surface area contributed by atoms with E-state index < -0.39 is 0 Å². The highest BCUT2D eigenvalue weighted by Crippen LogP contribution is 2.34. The highest BCUT2D eigenvalue weighted by molar-refractivity contribution is 5.21. The minimum absolute atomic E-state index is 0.245. The van der Waals surface area contributed by atoms with E-state index >= 15 is 0 Å². The van der Waals surface area contributed by atoms with Crippen LogP contribution in [-0.4, -0.2) is 31.1 Å². The molecule has 1 aromatic rings. The fourth-order valence-corrected chi connectivity index (χ4v) is 3.48. The zero-order valence-corrected chi connectivity index (χ0v) is 13.4. The Labute approximate surface area is 124 Å². The molecule has 0 saturated carbocycles. The average molecular weight is 274 g/mol. The predicted octanol–water partition coefficient (Wildman–Crippen LogP) is 3.85. The van der Waals surface area contributed by atoms with Crippen molar-refractivity contribution in [2.75, 3.05) is 26.2 Å². The van der Waals surface area contributed by atoms with Gasteiger partial charge in [-0.3, -0.25) is 0 Å². The molecule has 0 bridgehead atoms. The number of likely N-dealkylation sites (tertiary alicyclic amines) is 1. The minimum Gasteiger partial charge on any atom is -0.310 e. The topological polar surface area (TPSA) is 15.3 Å². The number of rotatable bonds is 6. The second-order valence-electron chi connectivity index (χ2n) is 6.73. The first-order valence-corrected chi connectivity index (χ1v) is 8.14. The Bertz CT molecular complexity index is 380. The fourth-order valence-electron chi connectivity index (χ4n) is 3.48. The van der Waals surface area contributed by atoms with Gasteiger partial charge in [0.25, 0.3) is 0 Å². The Balaban J connectivity index is 2.09. The molecule has 1 aromatic carbocycles.